The second kappa shape index (κ2) is 7.73. The van der Waals surface area contributed by atoms with Gasteiger partial charge >= 0.3 is 0 Å². The summed E-state index contributed by atoms with van der Waals surface area (Å²) in [5.41, 5.74) is 1.38. The van der Waals surface area contributed by atoms with Gasteiger partial charge in [-0.3, -0.25) is 19.5 Å². The number of fused-ring (bicyclic) bond motifs is 1. The van der Waals surface area contributed by atoms with E-state index in [1.807, 2.05) is 13.8 Å². The number of sulfonamides is 1. The Labute approximate surface area is 176 Å². The Bertz CT molecular complexity index is 983. The number of amides is 2. The number of rotatable bonds is 5. The standard InChI is InChI=1S/C20H27N5O4S/c1-13(2)17-18-16(25(20(17)27)30(3,28)29)6-9-24(18)19(26)15-11-21-14(10-22-15)12-23-7-4-5-8-23/h6,10-11,13,17-18H,4-5,7-9,12H2,1-3H3/t17-,18+/m1/s1. The van der Waals surface area contributed by atoms with Gasteiger partial charge in [-0.1, -0.05) is 13.8 Å². The minimum absolute atomic E-state index is 0.125. The van der Waals surface area contributed by atoms with E-state index in [4.69, 9.17) is 0 Å². The summed E-state index contributed by atoms with van der Waals surface area (Å²) in [5, 5.41) is 0. The van der Waals surface area contributed by atoms with Crippen LogP contribution in [-0.4, -0.2) is 76.2 Å². The second-order valence-corrected chi connectivity index (χ2v) is 10.4. The van der Waals surface area contributed by atoms with Gasteiger partial charge in [-0.15, -0.1) is 0 Å². The normalized spacial score (nSPS) is 24.7. The van der Waals surface area contributed by atoms with E-state index in [0.29, 0.717) is 12.2 Å². The average Bonchev–Trinajstić information content (AvgIpc) is 3.37. The average molecular weight is 434 g/mol. The highest BCUT2D eigenvalue weighted by Crippen LogP contribution is 2.41. The predicted molar refractivity (Wildman–Crippen MR) is 109 cm³/mol. The molecule has 9 nitrogen and oxygen atoms in total. The first-order valence-electron chi connectivity index (χ1n) is 10.3. The van der Waals surface area contributed by atoms with Gasteiger partial charge in [0, 0.05) is 13.1 Å². The Hall–Kier alpha value is -2.33. The molecular weight excluding hydrogens is 406 g/mol. The lowest BCUT2D eigenvalue weighted by molar-refractivity contribution is -0.128. The summed E-state index contributed by atoms with van der Waals surface area (Å²) in [6.45, 7) is 6.77. The molecule has 3 aliphatic heterocycles. The molecule has 0 radical (unpaired) electrons. The molecule has 0 aromatic carbocycles. The van der Waals surface area contributed by atoms with E-state index in [9.17, 15) is 18.0 Å². The molecule has 3 aliphatic rings. The Morgan fingerprint density at radius 2 is 1.90 bits per heavy atom. The highest BCUT2D eigenvalue weighted by atomic mass is 32.2. The van der Waals surface area contributed by atoms with Crippen molar-refractivity contribution in [3.8, 4) is 0 Å². The largest absolute Gasteiger partial charge is 0.324 e. The van der Waals surface area contributed by atoms with Crippen LogP contribution in [0.4, 0.5) is 0 Å². The molecule has 162 valence electrons. The third-order valence-corrected chi connectivity index (χ3v) is 7.07. The van der Waals surface area contributed by atoms with Crippen LogP contribution in [0.3, 0.4) is 0 Å². The van der Waals surface area contributed by atoms with Gasteiger partial charge in [-0.25, -0.2) is 17.7 Å². The van der Waals surface area contributed by atoms with Gasteiger partial charge in [0.15, 0.2) is 0 Å². The van der Waals surface area contributed by atoms with Gasteiger partial charge in [0.1, 0.15) is 5.69 Å². The highest BCUT2D eigenvalue weighted by molar-refractivity contribution is 7.89. The Balaban J connectivity index is 1.56. The summed E-state index contributed by atoms with van der Waals surface area (Å²) in [7, 11) is -3.76. The number of carbonyl (C=O) groups is 2. The number of hydrogen-bond donors (Lipinski definition) is 0. The molecule has 10 heteroatoms. The Morgan fingerprint density at radius 3 is 2.47 bits per heavy atom. The fraction of sp³-hybridized carbons (Fsp3) is 0.600. The molecule has 4 rings (SSSR count). The molecule has 0 N–H and O–H groups in total. The van der Waals surface area contributed by atoms with E-state index in [2.05, 4.69) is 14.9 Å². The zero-order valence-electron chi connectivity index (χ0n) is 17.5. The fourth-order valence-corrected chi connectivity index (χ4v) is 5.66. The van der Waals surface area contributed by atoms with E-state index in [0.717, 1.165) is 29.3 Å². The van der Waals surface area contributed by atoms with E-state index in [-0.39, 0.29) is 24.1 Å². The number of carbonyl (C=O) groups excluding carboxylic acids is 2. The third kappa shape index (κ3) is 3.62. The van der Waals surface area contributed by atoms with Gasteiger partial charge in [0.2, 0.25) is 15.9 Å². The van der Waals surface area contributed by atoms with Crippen LogP contribution >= 0.6 is 0 Å². The van der Waals surface area contributed by atoms with Crippen molar-refractivity contribution < 1.29 is 18.0 Å². The van der Waals surface area contributed by atoms with Crippen molar-refractivity contribution in [2.75, 3.05) is 25.9 Å². The smallest absolute Gasteiger partial charge is 0.274 e. The maximum absolute atomic E-state index is 13.2. The molecule has 30 heavy (non-hydrogen) atoms. The summed E-state index contributed by atoms with van der Waals surface area (Å²) in [4.78, 5) is 38.6. The fourth-order valence-electron chi connectivity index (χ4n) is 4.64. The maximum atomic E-state index is 13.2. The van der Waals surface area contributed by atoms with Crippen LogP contribution < -0.4 is 0 Å². The van der Waals surface area contributed by atoms with Crippen molar-refractivity contribution in [1.29, 1.82) is 0 Å². The van der Waals surface area contributed by atoms with Crippen molar-refractivity contribution in [2.45, 2.75) is 39.3 Å². The molecule has 0 aliphatic carbocycles. The summed E-state index contributed by atoms with van der Waals surface area (Å²) in [6.07, 6.45) is 8.14. The number of aromatic nitrogens is 2. The minimum Gasteiger partial charge on any atom is -0.324 e. The minimum atomic E-state index is -3.76. The van der Waals surface area contributed by atoms with Crippen molar-refractivity contribution >= 4 is 21.8 Å². The number of hydrogen-bond acceptors (Lipinski definition) is 7. The molecule has 2 amide bonds. The first-order chi connectivity index (χ1) is 14.2. The van der Waals surface area contributed by atoms with Gasteiger partial charge in [-0.05, 0) is 37.9 Å². The van der Waals surface area contributed by atoms with Crippen LogP contribution in [0.5, 0.6) is 0 Å². The summed E-state index contributed by atoms with van der Waals surface area (Å²) in [6, 6.07) is -0.606. The zero-order chi connectivity index (χ0) is 21.6. The summed E-state index contributed by atoms with van der Waals surface area (Å²) < 4.78 is 25.3. The number of likely N-dealkylation sites (tertiary alicyclic amines) is 1. The quantitative estimate of drug-likeness (QED) is 0.678. The SMILES string of the molecule is CC(C)[C@H]1C(=O)N(S(C)(=O)=O)C2=CCN(C(=O)c3cnc(CN4CCCC4)cn3)[C@@H]21. The summed E-state index contributed by atoms with van der Waals surface area (Å²) in [5.74, 6) is -1.56. The van der Waals surface area contributed by atoms with Crippen LogP contribution in [0.25, 0.3) is 0 Å². The molecule has 2 fully saturated rings. The molecular formula is C20H27N5O4S. The van der Waals surface area contributed by atoms with E-state index in [1.54, 1.807) is 12.3 Å². The van der Waals surface area contributed by atoms with Crippen LogP contribution in [0.15, 0.2) is 24.2 Å². The lowest BCUT2D eigenvalue weighted by Crippen LogP contribution is -2.43. The Morgan fingerprint density at radius 1 is 1.20 bits per heavy atom. The van der Waals surface area contributed by atoms with Gasteiger partial charge in [0.25, 0.3) is 5.91 Å². The molecule has 1 aromatic heterocycles. The number of nitrogens with zero attached hydrogens (tertiary/aromatic N) is 5. The van der Waals surface area contributed by atoms with Crippen LogP contribution in [-0.2, 0) is 21.4 Å². The lowest BCUT2D eigenvalue weighted by Gasteiger charge is -2.28. The van der Waals surface area contributed by atoms with E-state index >= 15 is 0 Å². The predicted octanol–water partition coefficient (Wildman–Crippen LogP) is 0.855. The van der Waals surface area contributed by atoms with E-state index < -0.39 is 27.9 Å². The van der Waals surface area contributed by atoms with E-state index in [1.165, 1.54) is 23.9 Å². The first-order valence-corrected chi connectivity index (χ1v) is 12.1. The summed E-state index contributed by atoms with van der Waals surface area (Å²) >= 11 is 0. The molecule has 0 bridgehead atoms. The third-order valence-electron chi connectivity index (χ3n) is 6.02. The Kier molecular flexibility index (Phi) is 5.39. The topological polar surface area (TPSA) is 104 Å². The molecule has 1 aromatic rings. The lowest BCUT2D eigenvalue weighted by atomic mass is 9.89. The first kappa shape index (κ1) is 20.9. The van der Waals surface area contributed by atoms with Crippen LogP contribution in [0, 0.1) is 11.8 Å². The monoisotopic (exact) mass is 433 g/mol. The zero-order valence-corrected chi connectivity index (χ0v) is 18.3. The van der Waals surface area contributed by atoms with Crippen molar-refractivity contribution in [3.05, 3.63) is 35.6 Å². The highest BCUT2D eigenvalue weighted by Gasteiger charge is 2.54. The molecule has 2 atom stereocenters. The van der Waals surface area contributed by atoms with Crippen molar-refractivity contribution in [3.63, 3.8) is 0 Å². The molecule has 0 unspecified atom stereocenters. The van der Waals surface area contributed by atoms with Gasteiger partial charge in [-0.2, -0.15) is 0 Å². The molecule has 0 spiro atoms. The maximum Gasteiger partial charge on any atom is 0.274 e. The molecule has 2 saturated heterocycles. The molecule has 0 saturated carbocycles. The molecule has 4 heterocycles. The van der Waals surface area contributed by atoms with Crippen molar-refractivity contribution in [2.24, 2.45) is 11.8 Å². The van der Waals surface area contributed by atoms with Gasteiger partial charge < -0.3 is 4.90 Å². The van der Waals surface area contributed by atoms with Crippen LogP contribution in [0.1, 0.15) is 42.9 Å². The van der Waals surface area contributed by atoms with Crippen molar-refractivity contribution in [1.82, 2.24) is 24.1 Å². The van der Waals surface area contributed by atoms with Gasteiger partial charge in [0.05, 0.1) is 42.0 Å². The second-order valence-electron chi connectivity index (χ2n) is 8.54. The van der Waals surface area contributed by atoms with Crippen LogP contribution in [0.2, 0.25) is 0 Å².